The van der Waals surface area contributed by atoms with Crippen LogP contribution in [0.15, 0.2) is 12.4 Å². The summed E-state index contributed by atoms with van der Waals surface area (Å²) < 4.78 is 0. The molecule has 0 bridgehead atoms. The lowest BCUT2D eigenvalue weighted by Gasteiger charge is -2.10. The van der Waals surface area contributed by atoms with Gasteiger partial charge in [-0.3, -0.25) is 9.78 Å². The quantitative estimate of drug-likeness (QED) is 0.807. The zero-order chi connectivity index (χ0) is 12.3. The molecule has 2 atom stereocenters. The molecular weight excluding hydrogens is 218 g/mol. The summed E-state index contributed by atoms with van der Waals surface area (Å²) >= 11 is 0. The van der Waals surface area contributed by atoms with E-state index in [2.05, 4.69) is 15.3 Å². The standard InChI is InChI=1S/C12H17N3O2/c1-8-5-14-11(7-13-8)12(17)15-6-9-2-3-10(16)4-9/h5,7,9-10,16H,2-4,6H2,1H3,(H,15,17). The Hall–Kier alpha value is -1.49. The molecule has 5 nitrogen and oxygen atoms in total. The van der Waals surface area contributed by atoms with Crippen molar-refractivity contribution in [3.63, 3.8) is 0 Å². The molecule has 1 aliphatic rings. The molecule has 1 aliphatic carbocycles. The van der Waals surface area contributed by atoms with Crippen LogP contribution in [0.25, 0.3) is 0 Å². The molecule has 1 heterocycles. The third kappa shape index (κ3) is 3.23. The van der Waals surface area contributed by atoms with Crippen molar-refractivity contribution in [2.45, 2.75) is 32.3 Å². The second-order valence-corrected chi connectivity index (χ2v) is 4.59. The predicted molar refractivity (Wildman–Crippen MR) is 62.5 cm³/mol. The second kappa shape index (κ2) is 5.23. The first-order chi connectivity index (χ1) is 8.15. The van der Waals surface area contributed by atoms with Crippen molar-refractivity contribution in [1.29, 1.82) is 0 Å². The minimum atomic E-state index is -0.198. The Morgan fingerprint density at radius 1 is 1.47 bits per heavy atom. The van der Waals surface area contributed by atoms with E-state index in [1.165, 1.54) is 6.20 Å². The van der Waals surface area contributed by atoms with Crippen LogP contribution in [0.2, 0.25) is 0 Å². The van der Waals surface area contributed by atoms with Crippen LogP contribution in [-0.2, 0) is 0 Å². The van der Waals surface area contributed by atoms with Gasteiger partial charge in [0.05, 0.1) is 18.0 Å². The number of aliphatic hydroxyl groups is 1. The van der Waals surface area contributed by atoms with Crippen LogP contribution >= 0.6 is 0 Å². The minimum absolute atomic E-state index is 0.195. The summed E-state index contributed by atoms with van der Waals surface area (Å²) in [5.41, 5.74) is 1.13. The molecule has 1 saturated carbocycles. The van der Waals surface area contributed by atoms with E-state index in [0.717, 1.165) is 25.0 Å². The largest absolute Gasteiger partial charge is 0.393 e. The Kier molecular flexibility index (Phi) is 3.68. The number of hydrogen-bond acceptors (Lipinski definition) is 4. The molecule has 0 saturated heterocycles. The summed E-state index contributed by atoms with van der Waals surface area (Å²) in [5, 5.41) is 12.2. The van der Waals surface area contributed by atoms with Gasteiger partial charge in [0.25, 0.3) is 5.91 Å². The minimum Gasteiger partial charge on any atom is -0.393 e. The van der Waals surface area contributed by atoms with Crippen LogP contribution in [-0.4, -0.2) is 33.6 Å². The number of rotatable bonds is 3. The maximum atomic E-state index is 11.7. The number of nitrogens with zero attached hydrogens (tertiary/aromatic N) is 2. The van der Waals surface area contributed by atoms with Gasteiger partial charge in [-0.1, -0.05) is 0 Å². The second-order valence-electron chi connectivity index (χ2n) is 4.59. The predicted octanol–water partition coefficient (Wildman–Crippen LogP) is 0.676. The van der Waals surface area contributed by atoms with Crippen LogP contribution < -0.4 is 5.32 Å². The fraction of sp³-hybridized carbons (Fsp3) is 0.583. The maximum absolute atomic E-state index is 11.7. The summed E-state index contributed by atoms with van der Waals surface area (Å²) in [5.74, 6) is 0.186. The number of carbonyl (C=O) groups is 1. The van der Waals surface area contributed by atoms with Crippen molar-refractivity contribution in [3.05, 3.63) is 23.8 Å². The lowest BCUT2D eigenvalue weighted by Crippen LogP contribution is -2.29. The lowest BCUT2D eigenvalue weighted by atomic mass is 10.1. The number of hydrogen-bond donors (Lipinski definition) is 2. The van der Waals surface area contributed by atoms with Gasteiger partial charge >= 0.3 is 0 Å². The summed E-state index contributed by atoms with van der Waals surface area (Å²) in [4.78, 5) is 19.8. The van der Waals surface area contributed by atoms with Crippen LogP contribution in [0.3, 0.4) is 0 Å². The number of amides is 1. The Morgan fingerprint density at radius 2 is 2.29 bits per heavy atom. The van der Waals surface area contributed by atoms with E-state index in [-0.39, 0.29) is 12.0 Å². The highest BCUT2D eigenvalue weighted by Gasteiger charge is 2.23. The fourth-order valence-corrected chi connectivity index (χ4v) is 2.07. The number of aromatic nitrogens is 2. The fourth-order valence-electron chi connectivity index (χ4n) is 2.07. The van der Waals surface area contributed by atoms with Crippen LogP contribution in [0.4, 0.5) is 0 Å². The summed E-state index contributed by atoms with van der Waals surface area (Å²) in [6, 6.07) is 0. The van der Waals surface area contributed by atoms with Gasteiger partial charge in [0.1, 0.15) is 5.69 Å². The highest BCUT2D eigenvalue weighted by molar-refractivity contribution is 5.91. The van der Waals surface area contributed by atoms with Gasteiger partial charge in [0, 0.05) is 12.7 Å². The Bertz CT molecular complexity index is 391. The normalized spacial score (nSPS) is 23.6. The summed E-state index contributed by atoms with van der Waals surface area (Å²) in [6.45, 7) is 2.43. The molecule has 5 heteroatoms. The van der Waals surface area contributed by atoms with E-state index in [0.29, 0.717) is 18.2 Å². The molecule has 92 valence electrons. The molecule has 2 unspecified atom stereocenters. The Balaban J connectivity index is 1.83. The maximum Gasteiger partial charge on any atom is 0.271 e. The Labute approximate surface area is 100 Å². The first-order valence-electron chi connectivity index (χ1n) is 5.90. The van der Waals surface area contributed by atoms with Crippen molar-refractivity contribution in [2.24, 2.45) is 5.92 Å². The van der Waals surface area contributed by atoms with Gasteiger partial charge in [-0.05, 0) is 32.1 Å². The zero-order valence-electron chi connectivity index (χ0n) is 9.89. The number of aryl methyl sites for hydroxylation is 1. The van der Waals surface area contributed by atoms with Gasteiger partial charge in [-0.2, -0.15) is 0 Å². The average Bonchev–Trinajstić information content (AvgIpc) is 2.73. The number of nitrogens with one attached hydrogen (secondary N) is 1. The van der Waals surface area contributed by atoms with Crippen molar-refractivity contribution in [1.82, 2.24) is 15.3 Å². The van der Waals surface area contributed by atoms with Gasteiger partial charge in [0.15, 0.2) is 0 Å². The molecule has 0 aromatic carbocycles. The molecule has 1 amide bonds. The third-order valence-electron chi connectivity index (χ3n) is 3.08. The molecule has 17 heavy (non-hydrogen) atoms. The van der Waals surface area contributed by atoms with E-state index < -0.39 is 0 Å². The van der Waals surface area contributed by atoms with E-state index in [1.807, 2.05) is 6.92 Å². The van der Waals surface area contributed by atoms with Crippen LogP contribution in [0, 0.1) is 12.8 Å². The summed E-state index contributed by atoms with van der Waals surface area (Å²) in [6.07, 6.45) is 5.45. The SMILES string of the molecule is Cc1cnc(C(=O)NCC2CCC(O)C2)cn1. The zero-order valence-corrected chi connectivity index (χ0v) is 9.89. The number of aliphatic hydroxyl groups excluding tert-OH is 1. The molecule has 0 aliphatic heterocycles. The highest BCUT2D eigenvalue weighted by Crippen LogP contribution is 2.24. The van der Waals surface area contributed by atoms with E-state index in [4.69, 9.17) is 0 Å². The van der Waals surface area contributed by atoms with E-state index >= 15 is 0 Å². The topological polar surface area (TPSA) is 75.1 Å². The van der Waals surface area contributed by atoms with Crippen molar-refractivity contribution in [2.75, 3.05) is 6.54 Å². The van der Waals surface area contributed by atoms with Crippen LogP contribution in [0.1, 0.15) is 35.4 Å². The van der Waals surface area contributed by atoms with E-state index in [9.17, 15) is 9.90 Å². The number of carbonyl (C=O) groups excluding carboxylic acids is 1. The van der Waals surface area contributed by atoms with Crippen molar-refractivity contribution in [3.8, 4) is 0 Å². The molecule has 0 spiro atoms. The van der Waals surface area contributed by atoms with E-state index in [1.54, 1.807) is 6.20 Å². The van der Waals surface area contributed by atoms with Gasteiger partial charge < -0.3 is 10.4 Å². The third-order valence-corrected chi connectivity index (χ3v) is 3.08. The van der Waals surface area contributed by atoms with Crippen LogP contribution in [0.5, 0.6) is 0 Å². The van der Waals surface area contributed by atoms with Crippen molar-refractivity contribution >= 4 is 5.91 Å². The molecule has 0 radical (unpaired) electrons. The first kappa shape index (κ1) is 12.0. The molecule has 2 rings (SSSR count). The highest BCUT2D eigenvalue weighted by atomic mass is 16.3. The smallest absolute Gasteiger partial charge is 0.271 e. The monoisotopic (exact) mass is 235 g/mol. The lowest BCUT2D eigenvalue weighted by molar-refractivity contribution is 0.0939. The molecule has 1 aromatic heterocycles. The van der Waals surface area contributed by atoms with Gasteiger partial charge in [0.2, 0.25) is 0 Å². The molecule has 2 N–H and O–H groups in total. The molecular formula is C12H17N3O2. The van der Waals surface area contributed by atoms with Gasteiger partial charge in [-0.25, -0.2) is 4.98 Å². The van der Waals surface area contributed by atoms with Crippen molar-refractivity contribution < 1.29 is 9.90 Å². The summed E-state index contributed by atoms with van der Waals surface area (Å²) in [7, 11) is 0. The van der Waals surface area contributed by atoms with Gasteiger partial charge in [-0.15, -0.1) is 0 Å². The Morgan fingerprint density at radius 3 is 2.88 bits per heavy atom. The average molecular weight is 235 g/mol. The first-order valence-corrected chi connectivity index (χ1v) is 5.90. The molecule has 1 aromatic rings. The molecule has 1 fully saturated rings.